The number of halogens is 3. The van der Waals surface area contributed by atoms with Gasteiger partial charge in [-0.3, -0.25) is 10.1 Å². The smallest absolute Gasteiger partial charge is 0.417 e. The topological polar surface area (TPSA) is 84.6 Å². The highest BCUT2D eigenvalue weighted by Gasteiger charge is 2.39. The molecule has 0 bridgehead atoms. The average Bonchev–Trinajstić information content (AvgIpc) is 2.41. The van der Waals surface area contributed by atoms with Crippen molar-refractivity contribution < 1.29 is 27.9 Å². The van der Waals surface area contributed by atoms with E-state index in [4.69, 9.17) is 9.84 Å². The molecule has 2 N–H and O–H groups in total. The minimum atomic E-state index is -4.83. The standard InChI is InChI=1S/C12H15F3N2O4/c1-2-16-6-8-3-4-10(9(5-8)17(19)20)21-7-11(18)12(13,14)15/h3-5,11,16,18H,2,6-7H2,1H3. The van der Waals surface area contributed by atoms with Crippen LogP contribution in [-0.4, -0.2) is 35.5 Å². The average molecular weight is 308 g/mol. The SMILES string of the molecule is CCNCc1ccc(OCC(O)C(F)(F)F)c([N+](=O)[O-])c1. The molecule has 21 heavy (non-hydrogen) atoms. The molecule has 0 aliphatic rings. The first-order valence-electron chi connectivity index (χ1n) is 6.11. The summed E-state index contributed by atoms with van der Waals surface area (Å²) in [6.07, 6.45) is -7.53. The number of aliphatic hydroxyl groups is 1. The van der Waals surface area contributed by atoms with E-state index in [0.717, 1.165) is 0 Å². The van der Waals surface area contributed by atoms with E-state index < -0.39 is 29.5 Å². The first kappa shape index (κ1) is 17.2. The summed E-state index contributed by atoms with van der Waals surface area (Å²) in [6, 6.07) is 3.94. The van der Waals surface area contributed by atoms with Gasteiger partial charge in [0.25, 0.3) is 0 Å². The Balaban J connectivity index is 2.84. The van der Waals surface area contributed by atoms with Gasteiger partial charge in [-0.25, -0.2) is 0 Å². The molecule has 0 saturated carbocycles. The van der Waals surface area contributed by atoms with E-state index in [1.165, 1.54) is 18.2 Å². The highest BCUT2D eigenvalue weighted by molar-refractivity contribution is 5.48. The fourth-order valence-electron chi connectivity index (χ4n) is 1.47. The second-order valence-corrected chi connectivity index (χ2v) is 4.21. The molecular weight excluding hydrogens is 293 g/mol. The Morgan fingerprint density at radius 3 is 2.67 bits per heavy atom. The maximum Gasteiger partial charge on any atom is 0.417 e. The molecular formula is C12H15F3N2O4. The minimum Gasteiger partial charge on any atom is -0.484 e. The number of nitrogens with zero attached hydrogens (tertiary/aromatic N) is 1. The van der Waals surface area contributed by atoms with Gasteiger partial charge in [-0.1, -0.05) is 13.0 Å². The molecule has 0 radical (unpaired) electrons. The number of nitro benzene ring substituents is 1. The highest BCUT2D eigenvalue weighted by atomic mass is 19.4. The monoisotopic (exact) mass is 308 g/mol. The number of aliphatic hydroxyl groups excluding tert-OH is 1. The number of alkyl halides is 3. The summed E-state index contributed by atoms with van der Waals surface area (Å²) in [5.41, 5.74) is 0.159. The third-order valence-corrected chi connectivity index (χ3v) is 2.57. The van der Waals surface area contributed by atoms with Crippen LogP contribution in [0.5, 0.6) is 5.75 Å². The number of hydrogen-bond donors (Lipinski definition) is 2. The Labute approximate surface area is 118 Å². The lowest BCUT2D eigenvalue weighted by Gasteiger charge is -2.15. The molecule has 1 atom stereocenters. The van der Waals surface area contributed by atoms with Gasteiger partial charge >= 0.3 is 11.9 Å². The molecule has 0 aliphatic carbocycles. The molecule has 1 aromatic carbocycles. The summed E-state index contributed by atoms with van der Waals surface area (Å²) >= 11 is 0. The quantitative estimate of drug-likeness (QED) is 0.594. The summed E-state index contributed by atoms with van der Waals surface area (Å²) in [4.78, 5) is 10.2. The van der Waals surface area contributed by atoms with Gasteiger partial charge in [0.15, 0.2) is 11.9 Å². The third kappa shape index (κ3) is 5.20. The van der Waals surface area contributed by atoms with Crippen molar-refractivity contribution in [2.24, 2.45) is 0 Å². The Hall–Kier alpha value is -1.87. The van der Waals surface area contributed by atoms with Gasteiger partial charge in [0.05, 0.1) is 4.92 Å². The zero-order valence-electron chi connectivity index (χ0n) is 11.2. The van der Waals surface area contributed by atoms with Crippen LogP contribution in [-0.2, 0) is 6.54 Å². The lowest BCUT2D eigenvalue weighted by atomic mass is 10.2. The maximum absolute atomic E-state index is 12.1. The number of rotatable bonds is 7. The molecule has 0 fully saturated rings. The fraction of sp³-hybridized carbons (Fsp3) is 0.500. The van der Waals surface area contributed by atoms with Crippen LogP contribution in [0.25, 0.3) is 0 Å². The summed E-state index contributed by atoms with van der Waals surface area (Å²) < 4.78 is 41.1. The van der Waals surface area contributed by atoms with Gasteiger partial charge in [0.2, 0.25) is 0 Å². The van der Waals surface area contributed by atoms with Crippen LogP contribution < -0.4 is 10.1 Å². The first-order chi connectivity index (χ1) is 9.75. The van der Waals surface area contributed by atoms with Crippen molar-refractivity contribution in [2.75, 3.05) is 13.2 Å². The van der Waals surface area contributed by atoms with E-state index >= 15 is 0 Å². The Kier molecular flexibility index (Phi) is 5.91. The Bertz CT molecular complexity index is 494. The van der Waals surface area contributed by atoms with Crippen molar-refractivity contribution in [2.45, 2.75) is 25.7 Å². The predicted molar refractivity (Wildman–Crippen MR) is 68.0 cm³/mol. The molecule has 0 saturated heterocycles. The van der Waals surface area contributed by atoms with Gasteiger partial charge in [0.1, 0.15) is 6.61 Å². The molecule has 6 nitrogen and oxygen atoms in total. The van der Waals surface area contributed by atoms with Gasteiger partial charge < -0.3 is 15.2 Å². The van der Waals surface area contributed by atoms with Gasteiger partial charge in [-0.05, 0) is 18.2 Å². The minimum absolute atomic E-state index is 0.316. The van der Waals surface area contributed by atoms with Gasteiger partial charge in [-0.15, -0.1) is 0 Å². The van der Waals surface area contributed by atoms with Crippen LogP contribution >= 0.6 is 0 Å². The van der Waals surface area contributed by atoms with E-state index in [2.05, 4.69) is 5.32 Å². The molecule has 0 aromatic heterocycles. The summed E-state index contributed by atoms with van der Waals surface area (Å²) in [7, 11) is 0. The zero-order valence-corrected chi connectivity index (χ0v) is 11.2. The van der Waals surface area contributed by atoms with E-state index in [-0.39, 0.29) is 5.75 Å². The molecule has 0 heterocycles. The van der Waals surface area contributed by atoms with Crippen molar-refractivity contribution >= 4 is 5.69 Å². The number of nitrogens with one attached hydrogen (secondary N) is 1. The lowest BCUT2D eigenvalue weighted by molar-refractivity contribution is -0.386. The highest BCUT2D eigenvalue weighted by Crippen LogP contribution is 2.29. The summed E-state index contributed by atoms with van der Waals surface area (Å²) in [5, 5.41) is 22.7. The van der Waals surface area contributed by atoms with Crippen molar-refractivity contribution in [3.63, 3.8) is 0 Å². The maximum atomic E-state index is 12.1. The lowest BCUT2D eigenvalue weighted by Crippen LogP contribution is -2.34. The molecule has 1 unspecified atom stereocenters. The molecule has 118 valence electrons. The van der Waals surface area contributed by atoms with Crippen LogP contribution in [0.4, 0.5) is 18.9 Å². The number of nitro groups is 1. The molecule has 0 spiro atoms. The van der Waals surface area contributed by atoms with Gasteiger partial charge in [-0.2, -0.15) is 13.2 Å². The van der Waals surface area contributed by atoms with Crippen molar-refractivity contribution in [1.82, 2.24) is 5.32 Å². The molecule has 1 aromatic rings. The van der Waals surface area contributed by atoms with Crippen LogP contribution in [0.1, 0.15) is 12.5 Å². The van der Waals surface area contributed by atoms with Crippen LogP contribution in [0.2, 0.25) is 0 Å². The van der Waals surface area contributed by atoms with Gasteiger partial charge in [0, 0.05) is 12.6 Å². The van der Waals surface area contributed by atoms with E-state index in [0.29, 0.717) is 18.7 Å². The molecule has 1 rings (SSSR count). The van der Waals surface area contributed by atoms with E-state index in [1.54, 1.807) is 0 Å². The van der Waals surface area contributed by atoms with Crippen molar-refractivity contribution in [3.05, 3.63) is 33.9 Å². The Morgan fingerprint density at radius 2 is 2.14 bits per heavy atom. The molecule has 0 aliphatic heterocycles. The summed E-state index contributed by atoms with van der Waals surface area (Å²) in [5.74, 6) is -0.316. The van der Waals surface area contributed by atoms with E-state index in [9.17, 15) is 23.3 Å². The predicted octanol–water partition coefficient (Wildman–Crippen LogP) is 2.01. The van der Waals surface area contributed by atoms with E-state index in [1.807, 2.05) is 6.92 Å². The second-order valence-electron chi connectivity index (χ2n) is 4.21. The number of hydrogen-bond acceptors (Lipinski definition) is 5. The number of benzene rings is 1. The largest absolute Gasteiger partial charge is 0.484 e. The third-order valence-electron chi connectivity index (χ3n) is 2.57. The van der Waals surface area contributed by atoms with Crippen LogP contribution in [0.3, 0.4) is 0 Å². The van der Waals surface area contributed by atoms with Crippen molar-refractivity contribution in [3.8, 4) is 5.75 Å². The number of ether oxygens (including phenoxy) is 1. The molecule has 9 heteroatoms. The Morgan fingerprint density at radius 1 is 1.48 bits per heavy atom. The molecule has 0 amide bonds. The second kappa shape index (κ2) is 7.23. The fourth-order valence-corrected chi connectivity index (χ4v) is 1.47. The first-order valence-corrected chi connectivity index (χ1v) is 6.11. The normalized spacial score (nSPS) is 13.0. The van der Waals surface area contributed by atoms with Crippen LogP contribution in [0, 0.1) is 10.1 Å². The summed E-state index contributed by atoms with van der Waals surface area (Å²) in [6.45, 7) is 1.83. The van der Waals surface area contributed by atoms with Crippen molar-refractivity contribution in [1.29, 1.82) is 0 Å². The van der Waals surface area contributed by atoms with Crippen LogP contribution in [0.15, 0.2) is 18.2 Å². The zero-order chi connectivity index (χ0) is 16.0.